The first-order valence-corrected chi connectivity index (χ1v) is 7.73. The van der Waals surface area contributed by atoms with Crippen LogP contribution in [0.2, 0.25) is 0 Å². The van der Waals surface area contributed by atoms with Crippen LogP contribution in [0.25, 0.3) is 11.6 Å². The second kappa shape index (κ2) is 5.76. The summed E-state index contributed by atoms with van der Waals surface area (Å²) in [6, 6.07) is 7.21. The quantitative estimate of drug-likeness (QED) is 0.442. The summed E-state index contributed by atoms with van der Waals surface area (Å²) in [6.45, 7) is 7.58. The van der Waals surface area contributed by atoms with E-state index in [1.165, 1.54) is 6.08 Å². The number of aliphatic imine (C=N–C) groups is 1. The maximum atomic E-state index is 11.7. The number of nitrogens with zero attached hydrogens (tertiary/aromatic N) is 3. The van der Waals surface area contributed by atoms with Crippen molar-refractivity contribution in [1.82, 2.24) is 9.46 Å². The average molecular weight is 355 g/mol. The van der Waals surface area contributed by atoms with E-state index in [0.717, 1.165) is 0 Å². The van der Waals surface area contributed by atoms with Gasteiger partial charge in [-0.05, 0) is 12.1 Å². The number of benzene rings is 1. The predicted molar refractivity (Wildman–Crippen MR) is 96.4 cm³/mol. The van der Waals surface area contributed by atoms with Crippen LogP contribution in [0.3, 0.4) is 0 Å². The summed E-state index contributed by atoms with van der Waals surface area (Å²) >= 11 is 0. The molecule has 26 heavy (non-hydrogen) atoms. The molecule has 8 nitrogen and oxygen atoms in total. The van der Waals surface area contributed by atoms with Crippen molar-refractivity contribution >= 4 is 23.0 Å². The zero-order valence-electron chi connectivity index (χ0n) is 14.2. The van der Waals surface area contributed by atoms with Crippen LogP contribution < -0.4 is 11.1 Å². The Morgan fingerprint density at radius 1 is 1.12 bits per heavy atom. The molecule has 2 aromatic rings. The third kappa shape index (κ3) is 2.43. The Kier molecular flexibility index (Phi) is 3.83. The van der Waals surface area contributed by atoms with Crippen LogP contribution in [-0.2, 0) is 0 Å². The molecule has 0 saturated carbocycles. The lowest BCUT2D eigenvalue weighted by Gasteiger charge is -2.21. The highest BCUT2D eigenvalue weighted by Gasteiger charge is 2.32. The molecular weight excluding hydrogens is 338 g/mol. The number of aromatic nitrogens is 2. The molecule has 0 bridgehead atoms. The minimum Gasteiger partial charge on any atom is -0.491 e. The minimum atomic E-state index is -1.47. The summed E-state index contributed by atoms with van der Waals surface area (Å²) in [5, 5.41) is 29.6. The van der Waals surface area contributed by atoms with Gasteiger partial charge in [0.05, 0.1) is 11.4 Å². The molecule has 134 valence electrons. The van der Waals surface area contributed by atoms with Crippen molar-refractivity contribution in [2.24, 2.45) is 10.4 Å². The number of hydrogen-bond acceptors (Lipinski definition) is 6. The molecule has 0 radical (unpaired) electrons. The van der Waals surface area contributed by atoms with Crippen molar-refractivity contribution < 1.29 is 15.5 Å². The van der Waals surface area contributed by atoms with Gasteiger partial charge in [0, 0.05) is 16.6 Å². The second-order valence-electron chi connectivity index (χ2n) is 6.40. The molecule has 1 aromatic heterocycles. The van der Waals surface area contributed by atoms with E-state index in [1.807, 2.05) is 19.9 Å². The Bertz CT molecular complexity index is 1100. The largest absolute Gasteiger partial charge is 0.491 e. The van der Waals surface area contributed by atoms with Gasteiger partial charge in [0.25, 0.3) is 5.88 Å². The second-order valence-corrected chi connectivity index (χ2v) is 6.40. The van der Waals surface area contributed by atoms with E-state index < -0.39 is 28.1 Å². The number of rotatable bonds is 3. The fraction of sp³-hybridized carbons (Fsp3) is 0.167. The fourth-order valence-corrected chi connectivity index (χ4v) is 2.69. The first-order valence-electron chi connectivity index (χ1n) is 7.73. The molecule has 1 aliphatic heterocycles. The molecule has 8 heteroatoms. The molecule has 0 aliphatic carbocycles. The van der Waals surface area contributed by atoms with Crippen LogP contribution in [0.15, 0.2) is 51.5 Å². The molecule has 0 saturated heterocycles. The predicted octanol–water partition coefficient (Wildman–Crippen LogP) is 2.03. The maximum Gasteiger partial charge on any atom is 0.355 e. The molecule has 2 heterocycles. The molecule has 0 fully saturated rings. The molecule has 1 aliphatic rings. The monoisotopic (exact) mass is 355 g/mol. The van der Waals surface area contributed by atoms with Crippen molar-refractivity contribution in [2.45, 2.75) is 13.8 Å². The van der Waals surface area contributed by atoms with Crippen molar-refractivity contribution in [1.29, 1.82) is 0 Å². The Labute approximate surface area is 147 Å². The molecular formula is C18H17N3O5. The lowest BCUT2D eigenvalue weighted by Crippen LogP contribution is -2.40. The SMILES string of the molecule is C=CC(C)(C)C1=Nc2ccccc2C1=Cc1c(O)n(O)c(=O)c(=O)n1O. The van der Waals surface area contributed by atoms with Gasteiger partial charge in [-0.3, -0.25) is 14.6 Å². The molecule has 0 atom stereocenters. The van der Waals surface area contributed by atoms with Crippen LogP contribution >= 0.6 is 0 Å². The highest BCUT2D eigenvalue weighted by atomic mass is 16.5. The third-order valence-electron chi connectivity index (χ3n) is 4.31. The van der Waals surface area contributed by atoms with Crippen LogP contribution in [0.4, 0.5) is 5.69 Å². The molecule has 0 unspecified atom stereocenters. The Morgan fingerprint density at radius 3 is 2.38 bits per heavy atom. The maximum absolute atomic E-state index is 11.7. The Hall–Kier alpha value is -3.55. The van der Waals surface area contributed by atoms with E-state index in [9.17, 15) is 25.1 Å². The van der Waals surface area contributed by atoms with Gasteiger partial charge in [0.15, 0.2) is 0 Å². The Morgan fingerprint density at radius 2 is 1.73 bits per heavy atom. The van der Waals surface area contributed by atoms with E-state index >= 15 is 0 Å². The smallest absolute Gasteiger partial charge is 0.355 e. The number of aromatic hydroxyl groups is 1. The van der Waals surface area contributed by atoms with Gasteiger partial charge in [-0.25, -0.2) is 0 Å². The van der Waals surface area contributed by atoms with Crippen LogP contribution in [0, 0.1) is 5.41 Å². The average Bonchev–Trinajstić information content (AvgIpc) is 3.01. The molecule has 3 rings (SSSR count). The molecule has 1 aromatic carbocycles. The number of allylic oxidation sites excluding steroid dienone is 2. The number of fused-ring (bicyclic) bond motifs is 1. The van der Waals surface area contributed by atoms with Crippen molar-refractivity contribution in [3.63, 3.8) is 0 Å². The van der Waals surface area contributed by atoms with Gasteiger partial charge >= 0.3 is 11.1 Å². The van der Waals surface area contributed by atoms with Gasteiger partial charge in [0.1, 0.15) is 5.69 Å². The van der Waals surface area contributed by atoms with Gasteiger partial charge in [-0.15, -0.1) is 16.0 Å². The van der Waals surface area contributed by atoms with Crippen LogP contribution in [0.1, 0.15) is 25.1 Å². The normalized spacial score (nSPS) is 15.0. The van der Waals surface area contributed by atoms with Crippen LogP contribution in [0.5, 0.6) is 5.88 Å². The summed E-state index contributed by atoms with van der Waals surface area (Å²) in [6.07, 6.45) is 2.99. The lowest BCUT2D eigenvalue weighted by molar-refractivity contribution is 0.112. The topological polar surface area (TPSA) is 117 Å². The van der Waals surface area contributed by atoms with E-state index in [1.54, 1.807) is 24.3 Å². The fourth-order valence-electron chi connectivity index (χ4n) is 2.69. The summed E-state index contributed by atoms with van der Waals surface area (Å²) in [7, 11) is 0. The third-order valence-corrected chi connectivity index (χ3v) is 4.31. The van der Waals surface area contributed by atoms with Crippen molar-refractivity contribution in [2.75, 3.05) is 0 Å². The Balaban J connectivity index is 2.35. The van der Waals surface area contributed by atoms with Gasteiger partial charge in [-0.1, -0.05) is 38.1 Å². The van der Waals surface area contributed by atoms with E-state index in [-0.39, 0.29) is 9.46 Å². The van der Waals surface area contributed by atoms with Gasteiger partial charge in [-0.2, -0.15) is 0 Å². The first-order chi connectivity index (χ1) is 12.2. The highest BCUT2D eigenvalue weighted by molar-refractivity contribution is 6.34. The zero-order valence-corrected chi connectivity index (χ0v) is 14.2. The zero-order chi connectivity index (χ0) is 19.2. The number of para-hydroxylation sites is 1. The lowest BCUT2D eigenvalue weighted by atomic mass is 9.82. The molecule has 3 N–H and O–H groups in total. The van der Waals surface area contributed by atoms with Crippen molar-refractivity contribution in [3.05, 3.63) is 68.9 Å². The summed E-state index contributed by atoms with van der Waals surface area (Å²) < 4.78 is -0.214. The first kappa shape index (κ1) is 17.3. The summed E-state index contributed by atoms with van der Waals surface area (Å²) in [5.41, 5.74) is -1.39. The van der Waals surface area contributed by atoms with E-state index in [2.05, 4.69) is 11.6 Å². The van der Waals surface area contributed by atoms with Gasteiger partial charge < -0.3 is 15.5 Å². The van der Waals surface area contributed by atoms with Crippen LogP contribution in [-0.4, -0.2) is 30.7 Å². The highest BCUT2D eigenvalue weighted by Crippen LogP contribution is 2.42. The number of hydrogen-bond donors (Lipinski definition) is 3. The van der Waals surface area contributed by atoms with Crippen molar-refractivity contribution in [3.8, 4) is 5.88 Å². The van der Waals surface area contributed by atoms with E-state index in [4.69, 9.17) is 0 Å². The van der Waals surface area contributed by atoms with E-state index in [0.29, 0.717) is 22.5 Å². The van der Waals surface area contributed by atoms with Gasteiger partial charge in [0.2, 0.25) is 0 Å². The molecule has 0 amide bonds. The minimum absolute atomic E-state index is 0.00312. The summed E-state index contributed by atoms with van der Waals surface area (Å²) in [5.74, 6) is -0.968. The standard InChI is InChI=1S/C18H17N3O5/c1-4-18(2,3)14-11(10-7-5-6-8-12(10)19-14)9-13-15(22)21(26)17(24)16(23)20(13)25/h4-9,22,25-26H,1H2,2-3H3. The summed E-state index contributed by atoms with van der Waals surface area (Å²) in [4.78, 5) is 27.8. The molecule has 0 spiro atoms.